The van der Waals surface area contributed by atoms with Crippen molar-refractivity contribution in [3.63, 3.8) is 0 Å². The number of aliphatic hydroxyl groups excluding tert-OH is 1. The van der Waals surface area contributed by atoms with E-state index in [9.17, 15) is 15.0 Å². The van der Waals surface area contributed by atoms with Crippen LogP contribution in [0.25, 0.3) is 0 Å². The van der Waals surface area contributed by atoms with Crippen LogP contribution >= 0.6 is 0 Å². The number of allylic oxidation sites excluding steroid dienone is 2. The van der Waals surface area contributed by atoms with Crippen LogP contribution in [0.5, 0.6) is 0 Å². The highest BCUT2D eigenvalue weighted by Crippen LogP contribution is 2.73. The summed E-state index contributed by atoms with van der Waals surface area (Å²) in [4.78, 5) is 12.0. The minimum Gasteiger partial charge on any atom is -0.392 e. The maximum Gasteiger partial charge on any atom is 0.178 e. The largest absolute Gasteiger partial charge is 0.392 e. The van der Waals surface area contributed by atoms with E-state index in [1.165, 1.54) is 6.08 Å². The molecule has 4 rings (SSSR count). The summed E-state index contributed by atoms with van der Waals surface area (Å²) in [5.74, 6) is 1.43. The van der Waals surface area contributed by atoms with Gasteiger partial charge in [0.25, 0.3) is 0 Å². The number of hydrogen-bond donors (Lipinski definition) is 2. The fraction of sp³-hybridized carbons (Fsp3) is 0.783. The van der Waals surface area contributed by atoms with Crippen LogP contribution in [0.3, 0.4) is 0 Å². The molecule has 0 aromatic heterocycles. The third-order valence-corrected chi connectivity index (χ3v) is 9.88. The first-order chi connectivity index (χ1) is 11.9. The molecule has 3 nitrogen and oxygen atoms in total. The number of ketones is 1. The normalized spacial score (nSPS) is 55.0. The third-order valence-electron chi connectivity index (χ3n) is 9.88. The van der Waals surface area contributed by atoms with Gasteiger partial charge in [-0.15, -0.1) is 0 Å². The first-order valence-electron chi connectivity index (χ1n) is 10.3. The SMILES string of the molecule is C[C@@H]1CC2C3C[C@H](C)C4=CC(=O)C=C[C@]4(O)[C@@]3(C)[C@@H](O)C[C@]2(C)C1(C)C. The van der Waals surface area contributed by atoms with Crippen LogP contribution in [0.1, 0.15) is 60.8 Å². The Balaban J connectivity index is 1.88. The van der Waals surface area contributed by atoms with Gasteiger partial charge in [0.15, 0.2) is 5.78 Å². The van der Waals surface area contributed by atoms with Gasteiger partial charge in [-0.2, -0.15) is 0 Å². The number of hydrogen-bond acceptors (Lipinski definition) is 3. The van der Waals surface area contributed by atoms with Gasteiger partial charge >= 0.3 is 0 Å². The van der Waals surface area contributed by atoms with Crippen LogP contribution in [0, 0.1) is 39.9 Å². The Bertz CT molecular complexity index is 719. The highest BCUT2D eigenvalue weighted by atomic mass is 16.3. The van der Waals surface area contributed by atoms with E-state index in [1.54, 1.807) is 12.2 Å². The highest BCUT2D eigenvalue weighted by molar-refractivity contribution is 6.01. The standard InChI is InChI=1S/C23H34O3/c1-13-9-18-17-10-14(2)20(3,4)21(17,5)12-19(25)22(18,6)23(26)8-7-15(24)11-16(13)23/h7-8,11,13-14,17-19,25-26H,9-10,12H2,1-6H3/t13-,14+,17?,18?,19-,21-,22+,23+/m0/s1. The van der Waals surface area contributed by atoms with Crippen molar-refractivity contribution >= 4 is 5.78 Å². The molecule has 144 valence electrons. The van der Waals surface area contributed by atoms with Crippen LogP contribution in [-0.2, 0) is 4.79 Å². The predicted molar refractivity (Wildman–Crippen MR) is 102 cm³/mol. The smallest absolute Gasteiger partial charge is 0.178 e. The zero-order valence-corrected chi connectivity index (χ0v) is 17.0. The minimum absolute atomic E-state index is 0.0515. The Morgan fingerprint density at radius 2 is 1.73 bits per heavy atom. The molecule has 0 saturated heterocycles. The Hall–Kier alpha value is -0.930. The van der Waals surface area contributed by atoms with Gasteiger partial charge in [0.2, 0.25) is 0 Å². The minimum atomic E-state index is -1.22. The van der Waals surface area contributed by atoms with E-state index in [2.05, 4.69) is 41.5 Å². The molecule has 0 amide bonds. The van der Waals surface area contributed by atoms with Gasteiger partial charge in [0.1, 0.15) is 5.60 Å². The summed E-state index contributed by atoms with van der Waals surface area (Å²) in [5.41, 5.74) is -0.828. The first-order valence-corrected chi connectivity index (χ1v) is 10.3. The van der Waals surface area contributed by atoms with Gasteiger partial charge in [0.05, 0.1) is 6.10 Å². The molecule has 2 N–H and O–H groups in total. The molecule has 0 bridgehead atoms. The zero-order valence-electron chi connectivity index (χ0n) is 17.0. The Labute approximate surface area is 157 Å². The van der Waals surface area contributed by atoms with E-state index in [1.807, 2.05) is 0 Å². The van der Waals surface area contributed by atoms with Crippen LogP contribution in [-0.4, -0.2) is 27.7 Å². The lowest BCUT2D eigenvalue weighted by molar-refractivity contribution is -0.216. The second-order valence-electron chi connectivity index (χ2n) is 10.7. The van der Waals surface area contributed by atoms with E-state index in [-0.39, 0.29) is 28.4 Å². The van der Waals surface area contributed by atoms with Gasteiger partial charge < -0.3 is 10.2 Å². The molecule has 8 atom stereocenters. The molecule has 0 heterocycles. The van der Waals surface area contributed by atoms with Crippen LogP contribution in [0.2, 0.25) is 0 Å². The maximum atomic E-state index is 12.0. The second-order valence-corrected chi connectivity index (χ2v) is 10.7. The van der Waals surface area contributed by atoms with E-state index in [4.69, 9.17) is 0 Å². The van der Waals surface area contributed by atoms with Gasteiger partial charge in [-0.25, -0.2) is 0 Å². The van der Waals surface area contributed by atoms with Crippen molar-refractivity contribution in [1.82, 2.24) is 0 Å². The molecule has 0 aliphatic heterocycles. The molecular formula is C23H34O3. The zero-order chi connectivity index (χ0) is 19.3. The molecule has 4 aliphatic rings. The first kappa shape index (κ1) is 18.4. The van der Waals surface area contributed by atoms with Gasteiger partial charge in [0, 0.05) is 5.41 Å². The average molecular weight is 359 g/mol. The van der Waals surface area contributed by atoms with Crippen LogP contribution in [0.15, 0.2) is 23.8 Å². The second kappa shape index (κ2) is 5.11. The molecule has 0 radical (unpaired) electrons. The van der Waals surface area contributed by atoms with Crippen molar-refractivity contribution in [3.8, 4) is 0 Å². The lowest BCUT2D eigenvalue weighted by Gasteiger charge is -2.66. The molecule has 0 spiro atoms. The van der Waals surface area contributed by atoms with Crippen molar-refractivity contribution in [1.29, 1.82) is 0 Å². The number of fused-ring (bicyclic) bond motifs is 5. The number of carbonyl (C=O) groups excluding carboxylic acids is 1. The molecular weight excluding hydrogens is 324 g/mol. The number of carbonyl (C=O) groups is 1. The van der Waals surface area contributed by atoms with Crippen molar-refractivity contribution in [3.05, 3.63) is 23.8 Å². The van der Waals surface area contributed by atoms with Crippen LogP contribution < -0.4 is 0 Å². The summed E-state index contributed by atoms with van der Waals surface area (Å²) < 4.78 is 0. The molecule has 3 fully saturated rings. The Kier molecular flexibility index (Phi) is 3.62. The maximum absolute atomic E-state index is 12.0. The highest BCUT2D eigenvalue weighted by Gasteiger charge is 2.71. The lowest BCUT2D eigenvalue weighted by Crippen LogP contribution is -2.68. The predicted octanol–water partition coefficient (Wildman–Crippen LogP) is 3.90. The van der Waals surface area contributed by atoms with Crippen molar-refractivity contribution < 1.29 is 15.0 Å². The van der Waals surface area contributed by atoms with Crippen molar-refractivity contribution in [2.24, 2.45) is 39.9 Å². The lowest BCUT2D eigenvalue weighted by atomic mass is 9.40. The van der Waals surface area contributed by atoms with Gasteiger partial charge in [-0.3, -0.25) is 4.79 Å². The summed E-state index contributed by atoms with van der Waals surface area (Å²) in [7, 11) is 0. The van der Waals surface area contributed by atoms with Crippen LogP contribution in [0.4, 0.5) is 0 Å². The van der Waals surface area contributed by atoms with E-state index < -0.39 is 17.1 Å². The average Bonchev–Trinajstić information content (AvgIpc) is 2.72. The monoisotopic (exact) mass is 358 g/mol. The van der Waals surface area contributed by atoms with Crippen molar-refractivity contribution in [2.75, 3.05) is 0 Å². The topological polar surface area (TPSA) is 57.5 Å². The van der Waals surface area contributed by atoms with E-state index in [0.717, 1.165) is 18.4 Å². The van der Waals surface area contributed by atoms with E-state index >= 15 is 0 Å². The fourth-order valence-corrected chi connectivity index (χ4v) is 7.35. The molecule has 4 aliphatic carbocycles. The summed E-state index contributed by atoms with van der Waals surface area (Å²) >= 11 is 0. The number of rotatable bonds is 0. The third kappa shape index (κ3) is 1.84. The molecule has 3 saturated carbocycles. The molecule has 2 unspecified atom stereocenters. The molecule has 0 aromatic carbocycles. The number of aliphatic hydroxyl groups is 2. The summed E-state index contributed by atoms with van der Waals surface area (Å²) in [6, 6.07) is 0. The Morgan fingerprint density at radius 1 is 1.08 bits per heavy atom. The molecule has 26 heavy (non-hydrogen) atoms. The van der Waals surface area contributed by atoms with Gasteiger partial charge in [-0.05, 0) is 77.6 Å². The quantitative estimate of drug-likeness (QED) is 0.690. The summed E-state index contributed by atoms with van der Waals surface area (Å²) in [6.45, 7) is 13.6. The van der Waals surface area contributed by atoms with Crippen molar-refractivity contribution in [2.45, 2.75) is 72.5 Å². The molecule has 3 heteroatoms. The van der Waals surface area contributed by atoms with Gasteiger partial charge in [-0.1, -0.05) is 41.5 Å². The van der Waals surface area contributed by atoms with E-state index in [0.29, 0.717) is 18.3 Å². The molecule has 0 aromatic rings. The fourth-order valence-electron chi connectivity index (χ4n) is 7.35. The Morgan fingerprint density at radius 3 is 2.38 bits per heavy atom. The summed E-state index contributed by atoms with van der Waals surface area (Å²) in [5, 5.41) is 23.3. The summed E-state index contributed by atoms with van der Waals surface area (Å²) in [6.07, 6.45) is 7.01.